The molecule has 31 heavy (non-hydrogen) atoms. The summed E-state index contributed by atoms with van der Waals surface area (Å²) in [6, 6.07) is 16.1. The van der Waals surface area contributed by atoms with E-state index in [9.17, 15) is 14.0 Å². The Balaban J connectivity index is 1.71. The van der Waals surface area contributed by atoms with Crippen LogP contribution in [0.3, 0.4) is 0 Å². The van der Waals surface area contributed by atoms with Gasteiger partial charge < -0.3 is 10.1 Å². The second kappa shape index (κ2) is 8.79. The van der Waals surface area contributed by atoms with Crippen molar-refractivity contribution in [3.8, 4) is 5.75 Å². The zero-order valence-corrected chi connectivity index (χ0v) is 16.8. The number of hydrogen-bond acceptors (Lipinski definition) is 5. The van der Waals surface area contributed by atoms with Gasteiger partial charge in [-0.25, -0.2) is 4.39 Å². The van der Waals surface area contributed by atoms with Gasteiger partial charge in [0, 0.05) is 18.1 Å². The molecule has 2 amide bonds. The lowest BCUT2D eigenvalue weighted by atomic mass is 10.0. The molecule has 1 N–H and O–H groups in total. The molecule has 7 heteroatoms. The Bertz CT molecular complexity index is 1130. The van der Waals surface area contributed by atoms with Crippen LogP contribution in [0.1, 0.15) is 18.1 Å². The molecule has 0 spiro atoms. The summed E-state index contributed by atoms with van der Waals surface area (Å²) in [5, 5.41) is 3.01. The first-order chi connectivity index (χ1) is 15.1. The van der Waals surface area contributed by atoms with Crippen molar-refractivity contribution in [3.63, 3.8) is 0 Å². The molecule has 1 aliphatic heterocycles. The Kier molecular flexibility index (Phi) is 5.75. The van der Waals surface area contributed by atoms with Gasteiger partial charge in [0.2, 0.25) is 0 Å². The summed E-state index contributed by atoms with van der Waals surface area (Å²) in [4.78, 5) is 31.7. The number of benzene rings is 2. The summed E-state index contributed by atoms with van der Waals surface area (Å²) < 4.78 is 18.8. The van der Waals surface area contributed by atoms with E-state index in [1.54, 1.807) is 48.8 Å². The first-order valence-corrected chi connectivity index (χ1v) is 9.82. The first-order valence-electron chi connectivity index (χ1n) is 9.82. The number of ether oxygens (including phenoxy) is 1. The molecule has 0 saturated carbocycles. The van der Waals surface area contributed by atoms with Gasteiger partial charge in [0.15, 0.2) is 0 Å². The molecule has 4 rings (SSSR count). The van der Waals surface area contributed by atoms with Gasteiger partial charge in [-0.2, -0.15) is 0 Å². The molecule has 2 aromatic carbocycles. The number of carbonyl (C=O) groups is 2. The van der Waals surface area contributed by atoms with Gasteiger partial charge in [0.1, 0.15) is 17.3 Å². The zero-order chi connectivity index (χ0) is 21.8. The van der Waals surface area contributed by atoms with E-state index >= 15 is 0 Å². The van der Waals surface area contributed by atoms with Gasteiger partial charge in [0.05, 0.1) is 18.7 Å². The van der Waals surface area contributed by atoms with Crippen LogP contribution in [-0.2, 0) is 16.1 Å². The number of anilines is 1. The summed E-state index contributed by atoms with van der Waals surface area (Å²) in [5.74, 6) is -0.574. The molecule has 1 aliphatic rings. The average molecular weight is 417 g/mol. The van der Waals surface area contributed by atoms with Crippen molar-refractivity contribution < 1.29 is 18.7 Å². The molecular weight excluding hydrogens is 397 g/mol. The Morgan fingerprint density at radius 2 is 1.61 bits per heavy atom. The summed E-state index contributed by atoms with van der Waals surface area (Å²) >= 11 is 0. The SMILES string of the molecule is CCOc1ccc(C2=C(Nc3ccc(F)cc3)C(=O)N(Cc3ccncc3)C2=O)cc1. The largest absolute Gasteiger partial charge is 0.494 e. The van der Waals surface area contributed by atoms with Gasteiger partial charge in [0.25, 0.3) is 11.8 Å². The Morgan fingerprint density at radius 3 is 2.26 bits per heavy atom. The molecule has 6 nitrogen and oxygen atoms in total. The van der Waals surface area contributed by atoms with Crippen molar-refractivity contribution >= 4 is 23.1 Å². The molecule has 0 fully saturated rings. The molecule has 156 valence electrons. The van der Waals surface area contributed by atoms with Gasteiger partial charge in [-0.3, -0.25) is 19.5 Å². The minimum Gasteiger partial charge on any atom is -0.494 e. The summed E-state index contributed by atoms with van der Waals surface area (Å²) in [7, 11) is 0. The Hall–Kier alpha value is -4.00. The number of nitrogens with one attached hydrogen (secondary N) is 1. The molecule has 0 unspecified atom stereocenters. The minimum absolute atomic E-state index is 0.120. The topological polar surface area (TPSA) is 71.5 Å². The molecule has 0 bridgehead atoms. The van der Waals surface area contributed by atoms with E-state index in [4.69, 9.17) is 4.74 Å². The van der Waals surface area contributed by atoms with E-state index in [0.29, 0.717) is 23.6 Å². The summed E-state index contributed by atoms with van der Waals surface area (Å²) in [6.45, 7) is 2.53. The summed E-state index contributed by atoms with van der Waals surface area (Å²) in [6.07, 6.45) is 3.22. The molecule has 0 saturated heterocycles. The monoisotopic (exact) mass is 417 g/mol. The van der Waals surface area contributed by atoms with Crippen LogP contribution in [0.15, 0.2) is 78.8 Å². The van der Waals surface area contributed by atoms with Crippen LogP contribution >= 0.6 is 0 Å². The highest BCUT2D eigenvalue weighted by atomic mass is 19.1. The number of aromatic nitrogens is 1. The quantitative estimate of drug-likeness (QED) is 0.588. The molecule has 1 aromatic heterocycles. The fourth-order valence-corrected chi connectivity index (χ4v) is 3.34. The smallest absolute Gasteiger partial charge is 0.278 e. The predicted molar refractivity (Wildman–Crippen MR) is 114 cm³/mol. The fraction of sp³-hybridized carbons (Fsp3) is 0.125. The number of pyridine rings is 1. The molecule has 0 radical (unpaired) electrons. The van der Waals surface area contributed by atoms with Gasteiger partial charge in [-0.1, -0.05) is 12.1 Å². The maximum atomic E-state index is 13.3. The van der Waals surface area contributed by atoms with Crippen molar-refractivity contribution in [2.75, 3.05) is 11.9 Å². The lowest BCUT2D eigenvalue weighted by Gasteiger charge is -2.15. The molecule has 0 atom stereocenters. The minimum atomic E-state index is -0.449. The number of carbonyl (C=O) groups excluding carboxylic acids is 2. The second-order valence-electron chi connectivity index (χ2n) is 6.89. The van der Waals surface area contributed by atoms with Crippen molar-refractivity contribution in [2.45, 2.75) is 13.5 Å². The fourth-order valence-electron chi connectivity index (χ4n) is 3.34. The number of hydrogen-bond donors (Lipinski definition) is 1. The third-order valence-electron chi connectivity index (χ3n) is 4.83. The van der Waals surface area contributed by atoms with E-state index in [0.717, 1.165) is 5.56 Å². The van der Waals surface area contributed by atoms with Crippen LogP contribution in [-0.4, -0.2) is 28.3 Å². The number of imide groups is 1. The van der Waals surface area contributed by atoms with E-state index in [1.165, 1.54) is 29.2 Å². The molecule has 3 aromatic rings. The highest BCUT2D eigenvalue weighted by molar-refractivity contribution is 6.36. The van der Waals surface area contributed by atoms with Crippen LogP contribution in [0.25, 0.3) is 5.57 Å². The van der Waals surface area contributed by atoms with Crippen molar-refractivity contribution in [1.29, 1.82) is 0 Å². The van der Waals surface area contributed by atoms with Gasteiger partial charge >= 0.3 is 0 Å². The molecule has 0 aliphatic carbocycles. The zero-order valence-electron chi connectivity index (χ0n) is 16.8. The molecular formula is C24H20FN3O3. The van der Waals surface area contributed by atoms with Crippen LogP contribution in [0.2, 0.25) is 0 Å². The normalized spacial score (nSPS) is 13.7. The van der Waals surface area contributed by atoms with Crippen LogP contribution in [0, 0.1) is 5.82 Å². The predicted octanol–water partition coefficient (Wildman–Crippen LogP) is 4.01. The summed E-state index contributed by atoms with van der Waals surface area (Å²) in [5.41, 5.74) is 2.28. The van der Waals surface area contributed by atoms with Gasteiger partial charge in [-0.05, 0) is 66.6 Å². The second-order valence-corrected chi connectivity index (χ2v) is 6.89. The van der Waals surface area contributed by atoms with Crippen LogP contribution in [0.4, 0.5) is 10.1 Å². The third-order valence-corrected chi connectivity index (χ3v) is 4.83. The maximum absolute atomic E-state index is 13.3. The van der Waals surface area contributed by atoms with Crippen molar-refractivity contribution in [3.05, 3.63) is 95.7 Å². The number of nitrogens with zero attached hydrogens (tertiary/aromatic N) is 2. The van der Waals surface area contributed by atoms with E-state index in [1.807, 2.05) is 6.92 Å². The average Bonchev–Trinajstić information content (AvgIpc) is 3.01. The first kappa shape index (κ1) is 20.3. The Labute approximate surface area is 179 Å². The lowest BCUT2D eigenvalue weighted by molar-refractivity contribution is -0.137. The van der Waals surface area contributed by atoms with Gasteiger partial charge in [-0.15, -0.1) is 0 Å². The van der Waals surface area contributed by atoms with E-state index in [-0.39, 0.29) is 23.6 Å². The number of halogens is 1. The molecule has 2 heterocycles. The van der Waals surface area contributed by atoms with Crippen molar-refractivity contribution in [2.24, 2.45) is 0 Å². The highest BCUT2D eigenvalue weighted by Gasteiger charge is 2.39. The van der Waals surface area contributed by atoms with Crippen molar-refractivity contribution in [1.82, 2.24) is 9.88 Å². The van der Waals surface area contributed by atoms with E-state index in [2.05, 4.69) is 10.3 Å². The lowest BCUT2D eigenvalue weighted by Crippen LogP contribution is -2.32. The van der Waals surface area contributed by atoms with E-state index < -0.39 is 11.8 Å². The number of rotatable bonds is 7. The third kappa shape index (κ3) is 4.30. The van der Waals surface area contributed by atoms with Crippen LogP contribution in [0.5, 0.6) is 5.75 Å². The number of amides is 2. The maximum Gasteiger partial charge on any atom is 0.278 e. The Morgan fingerprint density at radius 1 is 0.935 bits per heavy atom. The highest BCUT2D eigenvalue weighted by Crippen LogP contribution is 2.32. The standard InChI is InChI=1S/C24H20FN3O3/c1-2-31-20-9-3-17(4-10-20)21-22(27-19-7-5-18(25)6-8-19)24(30)28(23(21)29)15-16-11-13-26-14-12-16/h3-14,27H,2,15H2,1H3. The van der Waals surface area contributed by atoms with Crippen LogP contribution < -0.4 is 10.1 Å².